The number of rotatable bonds is 9. The molecule has 3 rings (SSSR count). The number of carbonyl (C=O) groups is 1. The van der Waals surface area contributed by atoms with Crippen LogP contribution in [0, 0.1) is 12.8 Å². The summed E-state index contributed by atoms with van der Waals surface area (Å²) in [5.74, 6) is 0.731. The molecule has 0 aliphatic heterocycles. The maximum Gasteiger partial charge on any atom is 0.255 e. The smallest absolute Gasteiger partial charge is 0.255 e. The van der Waals surface area contributed by atoms with Crippen molar-refractivity contribution >= 4 is 40.9 Å². The van der Waals surface area contributed by atoms with Crippen LogP contribution in [0.1, 0.15) is 77.2 Å². The van der Waals surface area contributed by atoms with Crippen LogP contribution in [0.25, 0.3) is 0 Å². The number of allylic oxidation sites excluding steroid dienone is 2. The summed E-state index contributed by atoms with van der Waals surface area (Å²) in [7, 11) is 1.60. The topological polar surface area (TPSA) is 53.6 Å². The van der Waals surface area contributed by atoms with Crippen molar-refractivity contribution in [3.05, 3.63) is 95.7 Å². The lowest BCUT2D eigenvalue weighted by Crippen LogP contribution is -2.17. The molecule has 0 bridgehead atoms. The molecule has 3 aromatic rings. The number of nitrogens with zero attached hydrogens (tertiary/aromatic N) is 1. The van der Waals surface area contributed by atoms with E-state index in [0.717, 1.165) is 52.2 Å². The lowest BCUT2D eigenvalue weighted by atomic mass is 10.1. The quantitative estimate of drug-likeness (QED) is 0.205. The second kappa shape index (κ2) is 18.9. The standard InChI is InChI=1S/C25H27N3O2S.C5H12.C3H8/c1-5-19(3)28(23-9-7-6-8-10-23)24-17-20(12-11-18(24)2)25(29)26-21-13-15-22(16-14-21)27-31-30-4;1-4-5(2)3;1-3-2/h5-17,27H,1-4H3,(H,26,29);5H,4H2,1-3H3;3H2,1-2H3/b19-5-;;. The highest BCUT2D eigenvalue weighted by Gasteiger charge is 2.16. The Bertz CT molecular complexity index is 1130. The average molecular weight is 550 g/mol. The summed E-state index contributed by atoms with van der Waals surface area (Å²) in [6.07, 6.45) is 4.62. The fraction of sp³-hybridized carbons (Fsp3) is 0.364. The van der Waals surface area contributed by atoms with Crippen molar-refractivity contribution in [1.82, 2.24) is 0 Å². The van der Waals surface area contributed by atoms with Gasteiger partial charge in [0.25, 0.3) is 5.91 Å². The SMILES string of the molecule is C/C=C(/C)N(c1ccccc1)c1cc(C(=O)Nc2ccc(NSOC)cc2)ccc1C.CCC.CCC(C)C. The molecule has 0 saturated carbocycles. The third-order valence-corrected chi connectivity index (χ3v) is 6.18. The van der Waals surface area contributed by atoms with Gasteiger partial charge in [-0.25, -0.2) is 0 Å². The number of aryl methyl sites for hydroxylation is 1. The number of nitrogens with one attached hydrogen (secondary N) is 2. The Labute approximate surface area is 241 Å². The predicted molar refractivity (Wildman–Crippen MR) is 173 cm³/mol. The minimum Gasteiger partial charge on any atom is -0.322 e. The lowest BCUT2D eigenvalue weighted by Gasteiger charge is -2.28. The van der Waals surface area contributed by atoms with E-state index in [1.165, 1.54) is 12.8 Å². The van der Waals surface area contributed by atoms with E-state index in [0.29, 0.717) is 5.56 Å². The van der Waals surface area contributed by atoms with Crippen LogP contribution in [0.3, 0.4) is 0 Å². The van der Waals surface area contributed by atoms with Crippen LogP contribution < -0.4 is 14.9 Å². The summed E-state index contributed by atoms with van der Waals surface area (Å²) >= 11 is 1.14. The van der Waals surface area contributed by atoms with E-state index < -0.39 is 0 Å². The maximum absolute atomic E-state index is 12.9. The molecule has 0 aliphatic rings. The zero-order valence-electron chi connectivity index (χ0n) is 25.2. The highest BCUT2D eigenvalue weighted by atomic mass is 32.2. The monoisotopic (exact) mass is 549 g/mol. The van der Waals surface area contributed by atoms with E-state index in [1.54, 1.807) is 7.11 Å². The number of para-hydroxylation sites is 1. The Hall–Kier alpha value is -3.22. The average Bonchev–Trinajstić information content (AvgIpc) is 2.95. The zero-order chi connectivity index (χ0) is 29.2. The van der Waals surface area contributed by atoms with E-state index in [9.17, 15) is 4.79 Å². The Morgan fingerprint density at radius 3 is 2.05 bits per heavy atom. The van der Waals surface area contributed by atoms with Crippen molar-refractivity contribution < 1.29 is 8.98 Å². The summed E-state index contributed by atoms with van der Waals surface area (Å²) in [5.41, 5.74) is 6.42. The van der Waals surface area contributed by atoms with E-state index in [-0.39, 0.29) is 5.91 Å². The summed E-state index contributed by atoms with van der Waals surface area (Å²) in [6, 6.07) is 23.4. The van der Waals surface area contributed by atoms with Gasteiger partial charge in [0, 0.05) is 34.0 Å². The number of carbonyl (C=O) groups excluding carboxylic acids is 1. The molecule has 0 fully saturated rings. The van der Waals surface area contributed by atoms with Crippen LogP contribution in [0.4, 0.5) is 22.7 Å². The molecule has 39 heavy (non-hydrogen) atoms. The van der Waals surface area contributed by atoms with Crippen molar-refractivity contribution in [2.24, 2.45) is 5.92 Å². The minimum atomic E-state index is -0.153. The molecule has 6 heteroatoms. The van der Waals surface area contributed by atoms with E-state index in [4.69, 9.17) is 4.18 Å². The molecule has 0 aromatic heterocycles. The van der Waals surface area contributed by atoms with Crippen LogP contribution >= 0.6 is 12.2 Å². The highest BCUT2D eigenvalue weighted by molar-refractivity contribution is 7.95. The number of hydrogen-bond donors (Lipinski definition) is 2. The number of benzene rings is 3. The summed E-state index contributed by atoms with van der Waals surface area (Å²) in [6.45, 7) is 17.0. The first-order chi connectivity index (χ1) is 18.7. The third-order valence-electron chi connectivity index (χ3n) is 5.70. The molecule has 0 aliphatic carbocycles. The Morgan fingerprint density at radius 2 is 1.54 bits per heavy atom. The van der Waals surface area contributed by atoms with Crippen molar-refractivity contribution in [2.75, 3.05) is 22.0 Å². The van der Waals surface area contributed by atoms with Gasteiger partial charge in [-0.3, -0.25) is 4.79 Å². The molecule has 0 radical (unpaired) electrons. The van der Waals surface area contributed by atoms with Gasteiger partial charge in [0.05, 0.1) is 7.11 Å². The highest BCUT2D eigenvalue weighted by Crippen LogP contribution is 2.33. The third kappa shape index (κ3) is 12.0. The van der Waals surface area contributed by atoms with Crippen molar-refractivity contribution in [3.8, 4) is 0 Å². The number of hydrogen-bond acceptors (Lipinski definition) is 5. The first kappa shape index (κ1) is 33.8. The second-order valence-electron chi connectivity index (χ2n) is 9.50. The van der Waals surface area contributed by atoms with Gasteiger partial charge in [0.1, 0.15) is 12.2 Å². The zero-order valence-corrected chi connectivity index (χ0v) is 26.0. The normalized spacial score (nSPS) is 10.6. The van der Waals surface area contributed by atoms with Gasteiger partial charge >= 0.3 is 0 Å². The Balaban J connectivity index is 0.000000838. The van der Waals surface area contributed by atoms with Gasteiger partial charge in [0.15, 0.2) is 0 Å². The van der Waals surface area contributed by atoms with Gasteiger partial charge in [-0.05, 0) is 80.8 Å². The van der Waals surface area contributed by atoms with Crippen LogP contribution in [0.5, 0.6) is 0 Å². The van der Waals surface area contributed by atoms with Crippen molar-refractivity contribution in [1.29, 1.82) is 0 Å². The van der Waals surface area contributed by atoms with Crippen LogP contribution in [-0.4, -0.2) is 13.0 Å². The van der Waals surface area contributed by atoms with Gasteiger partial charge in [0.2, 0.25) is 0 Å². The molecular formula is C33H47N3O2S. The van der Waals surface area contributed by atoms with Gasteiger partial charge in [-0.2, -0.15) is 0 Å². The molecule has 0 saturated heterocycles. The predicted octanol–water partition coefficient (Wildman–Crippen LogP) is 10.4. The lowest BCUT2D eigenvalue weighted by molar-refractivity contribution is 0.102. The van der Waals surface area contributed by atoms with Gasteiger partial charge < -0.3 is 19.1 Å². The largest absolute Gasteiger partial charge is 0.322 e. The molecule has 0 heterocycles. The molecular weight excluding hydrogens is 502 g/mol. The molecule has 0 spiro atoms. The first-order valence-electron chi connectivity index (χ1n) is 13.7. The van der Waals surface area contributed by atoms with Gasteiger partial charge in [-0.15, -0.1) is 0 Å². The van der Waals surface area contributed by atoms with E-state index in [2.05, 4.69) is 81.6 Å². The van der Waals surface area contributed by atoms with Crippen molar-refractivity contribution in [2.45, 2.75) is 68.2 Å². The van der Waals surface area contributed by atoms with E-state index >= 15 is 0 Å². The van der Waals surface area contributed by atoms with Crippen molar-refractivity contribution in [3.63, 3.8) is 0 Å². The molecule has 1 amide bonds. The molecule has 3 aromatic carbocycles. The molecule has 0 unspecified atom stereocenters. The minimum absolute atomic E-state index is 0.153. The van der Waals surface area contributed by atoms with Crippen LogP contribution in [-0.2, 0) is 4.18 Å². The maximum atomic E-state index is 12.9. The molecule has 2 N–H and O–H groups in total. The first-order valence-corrected chi connectivity index (χ1v) is 14.4. The number of amides is 1. The summed E-state index contributed by atoms with van der Waals surface area (Å²) < 4.78 is 7.96. The Morgan fingerprint density at radius 1 is 0.974 bits per heavy atom. The van der Waals surface area contributed by atoms with Crippen LogP contribution in [0.2, 0.25) is 0 Å². The fourth-order valence-corrected chi connectivity index (χ4v) is 3.46. The van der Waals surface area contributed by atoms with E-state index in [1.807, 2.05) is 67.6 Å². The second-order valence-corrected chi connectivity index (χ2v) is 10.2. The summed E-state index contributed by atoms with van der Waals surface area (Å²) in [5, 5.41) is 2.97. The fourth-order valence-electron chi connectivity index (χ4n) is 3.15. The Kier molecular flexibility index (Phi) is 16.4. The molecule has 212 valence electrons. The van der Waals surface area contributed by atoms with Crippen LogP contribution in [0.15, 0.2) is 84.6 Å². The van der Waals surface area contributed by atoms with Gasteiger partial charge in [-0.1, -0.05) is 77.8 Å². The summed E-state index contributed by atoms with van der Waals surface area (Å²) in [4.78, 5) is 15.1. The molecule has 5 nitrogen and oxygen atoms in total. The number of anilines is 4. The molecule has 0 atom stereocenters.